The average Bonchev–Trinajstić information content (AvgIpc) is 2.82. The van der Waals surface area contributed by atoms with Gasteiger partial charge in [0.25, 0.3) is 0 Å². The van der Waals surface area contributed by atoms with Crippen molar-refractivity contribution in [1.82, 2.24) is 5.32 Å². The third-order valence-electron chi connectivity index (χ3n) is 6.10. The van der Waals surface area contributed by atoms with Crippen molar-refractivity contribution in [2.24, 2.45) is 5.14 Å². The zero-order chi connectivity index (χ0) is 24.7. The first-order chi connectivity index (χ1) is 16.2. The summed E-state index contributed by atoms with van der Waals surface area (Å²) in [6, 6.07) is 23.4. The lowest BCUT2D eigenvalue weighted by atomic mass is 9.86. The van der Waals surface area contributed by atoms with Gasteiger partial charge in [-0.15, -0.1) is 0 Å². The molecule has 7 heteroatoms. The molecule has 0 aliphatic heterocycles. The van der Waals surface area contributed by atoms with Crippen LogP contribution in [-0.2, 0) is 16.4 Å². The molecule has 6 nitrogen and oxygen atoms in total. The number of hydrogen-bond donors (Lipinski definition) is 3. The van der Waals surface area contributed by atoms with E-state index in [1.165, 1.54) is 11.6 Å². The summed E-state index contributed by atoms with van der Waals surface area (Å²) in [7, 11) is -2.16. The Hall–Kier alpha value is -2.71. The van der Waals surface area contributed by atoms with Crippen LogP contribution in [0.1, 0.15) is 47.6 Å². The Balaban J connectivity index is 1.71. The molecule has 0 aliphatic rings. The van der Waals surface area contributed by atoms with E-state index in [4.69, 9.17) is 9.88 Å². The fraction of sp³-hybridized carbons (Fsp3) is 0.333. The normalized spacial score (nSPS) is 14.4. The molecule has 0 radical (unpaired) electrons. The number of nitrogens with one attached hydrogen (secondary N) is 1. The Morgan fingerprint density at radius 1 is 1.03 bits per heavy atom. The van der Waals surface area contributed by atoms with Gasteiger partial charge in [-0.25, -0.2) is 13.6 Å². The Morgan fingerprint density at radius 2 is 1.71 bits per heavy atom. The highest BCUT2D eigenvalue weighted by Gasteiger charge is 2.21. The highest BCUT2D eigenvalue weighted by molar-refractivity contribution is 7.89. The van der Waals surface area contributed by atoms with E-state index in [-0.39, 0.29) is 23.4 Å². The maximum atomic E-state index is 11.8. The van der Waals surface area contributed by atoms with Crippen LogP contribution in [-0.4, -0.2) is 33.2 Å². The van der Waals surface area contributed by atoms with Crippen molar-refractivity contribution in [2.75, 3.05) is 13.7 Å². The maximum absolute atomic E-state index is 11.8. The van der Waals surface area contributed by atoms with E-state index in [1.807, 2.05) is 36.4 Å². The molecule has 0 aliphatic carbocycles. The summed E-state index contributed by atoms with van der Waals surface area (Å²) < 4.78 is 29.3. The number of nitrogens with two attached hydrogens (primary N) is 1. The molecule has 3 aromatic carbocycles. The molecular weight excluding hydrogens is 448 g/mol. The minimum atomic E-state index is -3.85. The lowest BCUT2D eigenvalue weighted by Gasteiger charge is -2.25. The number of aryl methyl sites for hydroxylation is 1. The standard InChI is InChI=1S/C27H34N2O4S/c1-19-13-14-22(17-27(19)34(28,31)32)25(30)18-29-20(2)15-23(16-21-9-5-4-6-10-21)24-11-7-8-12-26(24)33-3/h4-14,17,20,23,25,29-30H,15-16,18H2,1-3H3,(H2,28,31,32). The van der Waals surface area contributed by atoms with Gasteiger partial charge in [-0.1, -0.05) is 60.7 Å². The highest BCUT2D eigenvalue weighted by Crippen LogP contribution is 2.32. The molecule has 182 valence electrons. The van der Waals surface area contributed by atoms with Crippen molar-refractivity contribution in [2.45, 2.75) is 49.6 Å². The van der Waals surface area contributed by atoms with Gasteiger partial charge in [-0.05, 0) is 67.0 Å². The SMILES string of the molecule is COc1ccccc1C(Cc1ccccc1)CC(C)NCC(O)c1ccc(C)c(S(N)(=O)=O)c1. The molecule has 0 saturated heterocycles. The Kier molecular flexibility index (Phi) is 8.85. The van der Waals surface area contributed by atoms with Crippen LogP contribution in [0.3, 0.4) is 0 Å². The summed E-state index contributed by atoms with van der Waals surface area (Å²) in [5, 5.41) is 19.4. The van der Waals surface area contributed by atoms with Crippen molar-refractivity contribution < 1.29 is 18.3 Å². The number of primary sulfonamides is 1. The smallest absolute Gasteiger partial charge is 0.238 e. The van der Waals surface area contributed by atoms with Crippen LogP contribution in [0, 0.1) is 6.92 Å². The Labute approximate surface area is 202 Å². The number of benzene rings is 3. The second kappa shape index (κ2) is 11.6. The Morgan fingerprint density at radius 3 is 2.38 bits per heavy atom. The number of rotatable bonds is 11. The zero-order valence-electron chi connectivity index (χ0n) is 19.9. The van der Waals surface area contributed by atoms with Gasteiger partial charge in [0.05, 0.1) is 18.1 Å². The van der Waals surface area contributed by atoms with Crippen molar-refractivity contribution in [3.05, 3.63) is 95.1 Å². The Bertz CT molecular complexity index is 1180. The van der Waals surface area contributed by atoms with Crippen LogP contribution in [0.15, 0.2) is 77.7 Å². The van der Waals surface area contributed by atoms with Crippen molar-refractivity contribution >= 4 is 10.0 Å². The fourth-order valence-electron chi connectivity index (χ4n) is 4.29. The van der Waals surface area contributed by atoms with Gasteiger partial charge in [0.15, 0.2) is 0 Å². The number of aliphatic hydroxyl groups excluding tert-OH is 1. The van der Waals surface area contributed by atoms with Crippen molar-refractivity contribution in [3.63, 3.8) is 0 Å². The predicted octanol–water partition coefficient (Wildman–Crippen LogP) is 4.08. The van der Waals surface area contributed by atoms with E-state index in [9.17, 15) is 13.5 Å². The molecule has 0 bridgehead atoms. The average molecular weight is 483 g/mol. The molecule has 3 rings (SSSR count). The highest BCUT2D eigenvalue weighted by atomic mass is 32.2. The maximum Gasteiger partial charge on any atom is 0.238 e. The lowest BCUT2D eigenvalue weighted by Crippen LogP contribution is -2.32. The zero-order valence-corrected chi connectivity index (χ0v) is 20.8. The lowest BCUT2D eigenvalue weighted by molar-refractivity contribution is 0.169. The number of methoxy groups -OCH3 is 1. The number of aliphatic hydroxyl groups is 1. The second-order valence-corrected chi connectivity index (χ2v) is 10.3. The summed E-state index contributed by atoms with van der Waals surface area (Å²) in [5.74, 6) is 1.08. The molecule has 3 atom stereocenters. The van der Waals surface area contributed by atoms with Crippen molar-refractivity contribution in [1.29, 1.82) is 0 Å². The van der Waals surface area contributed by atoms with Crippen LogP contribution in [0.5, 0.6) is 5.75 Å². The summed E-state index contributed by atoms with van der Waals surface area (Å²) in [5.41, 5.74) is 3.47. The van der Waals surface area contributed by atoms with Gasteiger partial charge in [-0.2, -0.15) is 0 Å². The molecule has 3 unspecified atom stereocenters. The van der Waals surface area contributed by atoms with E-state index in [2.05, 4.69) is 30.4 Å². The largest absolute Gasteiger partial charge is 0.496 e. The van der Waals surface area contributed by atoms with Crippen molar-refractivity contribution in [3.8, 4) is 5.75 Å². The fourth-order valence-corrected chi connectivity index (χ4v) is 5.11. The number of hydrogen-bond acceptors (Lipinski definition) is 5. The van der Waals surface area contributed by atoms with E-state index in [1.54, 1.807) is 26.2 Å². The van der Waals surface area contributed by atoms with Gasteiger partial charge in [-0.3, -0.25) is 0 Å². The van der Waals surface area contributed by atoms with E-state index >= 15 is 0 Å². The van der Waals surface area contributed by atoms with Crippen LogP contribution < -0.4 is 15.2 Å². The molecule has 0 heterocycles. The number of ether oxygens (including phenoxy) is 1. The third-order valence-corrected chi connectivity index (χ3v) is 7.16. The van der Waals surface area contributed by atoms with Crippen LogP contribution in [0.25, 0.3) is 0 Å². The van der Waals surface area contributed by atoms with Crippen LogP contribution >= 0.6 is 0 Å². The molecule has 3 aromatic rings. The molecule has 0 amide bonds. The van der Waals surface area contributed by atoms with Gasteiger partial charge >= 0.3 is 0 Å². The van der Waals surface area contributed by atoms with Crippen LogP contribution in [0.4, 0.5) is 0 Å². The first-order valence-electron chi connectivity index (χ1n) is 11.4. The summed E-state index contributed by atoms with van der Waals surface area (Å²) in [6.07, 6.45) is 0.839. The number of para-hydroxylation sites is 1. The van der Waals surface area contributed by atoms with Gasteiger partial charge in [0.2, 0.25) is 10.0 Å². The molecular formula is C27H34N2O4S. The molecule has 0 saturated carbocycles. The first kappa shape index (κ1) is 25.9. The third kappa shape index (κ3) is 6.90. The van der Waals surface area contributed by atoms with E-state index < -0.39 is 16.1 Å². The minimum Gasteiger partial charge on any atom is -0.496 e. The monoisotopic (exact) mass is 482 g/mol. The first-order valence-corrected chi connectivity index (χ1v) is 12.9. The van der Waals surface area contributed by atoms with E-state index in [0.29, 0.717) is 11.1 Å². The van der Waals surface area contributed by atoms with Gasteiger partial charge < -0.3 is 15.2 Å². The molecule has 4 N–H and O–H groups in total. The molecule has 0 fully saturated rings. The topological polar surface area (TPSA) is 102 Å². The number of sulfonamides is 1. The van der Waals surface area contributed by atoms with E-state index in [0.717, 1.165) is 24.2 Å². The van der Waals surface area contributed by atoms with Crippen LogP contribution in [0.2, 0.25) is 0 Å². The molecule has 0 spiro atoms. The molecule has 34 heavy (non-hydrogen) atoms. The second-order valence-electron chi connectivity index (χ2n) is 8.76. The summed E-state index contributed by atoms with van der Waals surface area (Å²) in [4.78, 5) is 0.0381. The van der Waals surface area contributed by atoms with Gasteiger partial charge in [0, 0.05) is 12.6 Å². The minimum absolute atomic E-state index is 0.0381. The van der Waals surface area contributed by atoms with Gasteiger partial charge in [0.1, 0.15) is 5.75 Å². The summed E-state index contributed by atoms with van der Waals surface area (Å²) in [6.45, 7) is 4.06. The molecule has 0 aromatic heterocycles. The predicted molar refractivity (Wildman–Crippen MR) is 135 cm³/mol. The summed E-state index contributed by atoms with van der Waals surface area (Å²) >= 11 is 0. The quantitative estimate of drug-likeness (QED) is 0.382.